The van der Waals surface area contributed by atoms with Gasteiger partial charge in [-0.1, -0.05) is 31.5 Å². The third-order valence-corrected chi connectivity index (χ3v) is 4.19. The van der Waals surface area contributed by atoms with Crippen molar-refractivity contribution in [3.8, 4) is 5.75 Å². The molecule has 2 aromatic carbocycles. The number of unbranched alkanes of at least 4 members (excludes halogenated alkanes) is 1. The average Bonchev–Trinajstić information content (AvgIpc) is 2.66. The maximum atomic E-state index is 12.2. The maximum absolute atomic E-state index is 12.2. The van der Waals surface area contributed by atoms with E-state index in [0.29, 0.717) is 16.4 Å². The van der Waals surface area contributed by atoms with Crippen LogP contribution in [-0.2, 0) is 6.42 Å². The number of carbonyl (C=O) groups excluding carboxylic acids is 1. The number of carbonyl (C=O) groups is 1. The summed E-state index contributed by atoms with van der Waals surface area (Å²) in [5.74, 6) is 0.379. The highest BCUT2D eigenvalue weighted by molar-refractivity contribution is 7.80. The Morgan fingerprint density at radius 1 is 1.12 bits per heavy atom. The SMILES string of the molecule is CCCCc1ccc(NC(=S)NNC(=O)c2ccc(C)c(OC)c2)cc1. The number of amides is 1. The second kappa shape index (κ2) is 9.77. The molecule has 0 saturated heterocycles. The number of hydrazine groups is 1. The van der Waals surface area contributed by atoms with Crippen LogP contribution in [0.25, 0.3) is 0 Å². The zero-order chi connectivity index (χ0) is 18.9. The molecule has 0 atom stereocenters. The maximum Gasteiger partial charge on any atom is 0.269 e. The summed E-state index contributed by atoms with van der Waals surface area (Å²) in [6, 6.07) is 13.4. The quantitative estimate of drug-likeness (QED) is 0.530. The first-order valence-electron chi connectivity index (χ1n) is 8.64. The first-order chi connectivity index (χ1) is 12.5. The lowest BCUT2D eigenvalue weighted by Gasteiger charge is -2.13. The van der Waals surface area contributed by atoms with Gasteiger partial charge in [-0.15, -0.1) is 0 Å². The zero-order valence-corrected chi connectivity index (χ0v) is 16.2. The first kappa shape index (κ1) is 19.7. The molecule has 0 heterocycles. The molecule has 1 amide bonds. The molecule has 0 fully saturated rings. The van der Waals surface area contributed by atoms with Gasteiger partial charge in [0.2, 0.25) is 0 Å². The lowest BCUT2D eigenvalue weighted by molar-refractivity contribution is 0.0944. The number of anilines is 1. The normalized spacial score (nSPS) is 10.1. The molecule has 0 aliphatic heterocycles. The summed E-state index contributed by atoms with van der Waals surface area (Å²) in [6.07, 6.45) is 3.44. The molecule has 138 valence electrons. The van der Waals surface area contributed by atoms with Crippen LogP contribution in [0.4, 0.5) is 5.69 Å². The summed E-state index contributed by atoms with van der Waals surface area (Å²) in [5, 5.41) is 3.36. The number of rotatable bonds is 6. The van der Waals surface area contributed by atoms with Gasteiger partial charge in [0.05, 0.1) is 7.11 Å². The van der Waals surface area contributed by atoms with Crippen LogP contribution in [0.2, 0.25) is 0 Å². The molecule has 6 heteroatoms. The van der Waals surface area contributed by atoms with Crippen molar-refractivity contribution in [1.82, 2.24) is 10.9 Å². The van der Waals surface area contributed by atoms with E-state index in [4.69, 9.17) is 17.0 Å². The number of nitrogens with one attached hydrogen (secondary N) is 3. The molecule has 0 aliphatic carbocycles. The van der Waals surface area contributed by atoms with E-state index in [1.807, 2.05) is 25.1 Å². The number of thiocarbonyl (C=S) groups is 1. The van der Waals surface area contributed by atoms with Gasteiger partial charge >= 0.3 is 0 Å². The summed E-state index contributed by atoms with van der Waals surface area (Å²) in [5.41, 5.74) is 8.92. The van der Waals surface area contributed by atoms with Gasteiger partial charge in [-0.05, 0) is 67.4 Å². The molecule has 0 aliphatic rings. The minimum Gasteiger partial charge on any atom is -0.496 e. The standard InChI is InChI=1S/C20H25N3O2S/c1-4-5-6-15-8-11-17(12-9-15)21-20(26)23-22-19(24)16-10-7-14(2)18(13-16)25-3/h7-13H,4-6H2,1-3H3,(H,22,24)(H2,21,23,26). The fourth-order valence-corrected chi connectivity index (χ4v) is 2.61. The van der Waals surface area contributed by atoms with E-state index in [0.717, 1.165) is 17.7 Å². The molecule has 0 spiro atoms. The Morgan fingerprint density at radius 2 is 1.85 bits per heavy atom. The van der Waals surface area contributed by atoms with E-state index in [9.17, 15) is 4.79 Å². The number of ether oxygens (including phenoxy) is 1. The zero-order valence-electron chi connectivity index (χ0n) is 15.4. The molecule has 26 heavy (non-hydrogen) atoms. The van der Waals surface area contributed by atoms with Crippen LogP contribution in [-0.4, -0.2) is 18.1 Å². The molecule has 2 aromatic rings. The van der Waals surface area contributed by atoms with E-state index >= 15 is 0 Å². The Balaban J connectivity index is 1.85. The van der Waals surface area contributed by atoms with Crippen LogP contribution < -0.4 is 20.9 Å². The molecule has 0 aromatic heterocycles. The van der Waals surface area contributed by atoms with E-state index in [2.05, 4.69) is 35.2 Å². The Morgan fingerprint density at radius 3 is 2.50 bits per heavy atom. The van der Waals surface area contributed by atoms with Crippen molar-refractivity contribution in [2.75, 3.05) is 12.4 Å². The third-order valence-electron chi connectivity index (χ3n) is 3.99. The van der Waals surface area contributed by atoms with Crippen molar-refractivity contribution in [2.24, 2.45) is 0 Å². The number of aryl methyl sites for hydroxylation is 2. The molecule has 5 nitrogen and oxygen atoms in total. The second-order valence-corrected chi connectivity index (χ2v) is 6.43. The Bertz CT molecular complexity index is 760. The van der Waals surface area contributed by atoms with Crippen LogP contribution in [0.1, 0.15) is 41.3 Å². The fourth-order valence-electron chi connectivity index (χ4n) is 2.44. The van der Waals surface area contributed by atoms with Gasteiger partial charge in [0, 0.05) is 11.3 Å². The summed E-state index contributed by atoms with van der Waals surface area (Å²) in [4.78, 5) is 12.2. The second-order valence-electron chi connectivity index (χ2n) is 6.02. The minimum absolute atomic E-state index is 0.289. The van der Waals surface area contributed by atoms with Gasteiger partial charge in [0.15, 0.2) is 5.11 Å². The van der Waals surface area contributed by atoms with Gasteiger partial charge in [0.1, 0.15) is 5.75 Å². The van der Waals surface area contributed by atoms with Crippen LogP contribution in [0.5, 0.6) is 5.75 Å². The van der Waals surface area contributed by atoms with Gasteiger partial charge in [-0.3, -0.25) is 15.6 Å². The number of benzene rings is 2. The molecule has 2 rings (SSSR count). The highest BCUT2D eigenvalue weighted by atomic mass is 32.1. The van der Waals surface area contributed by atoms with Crippen molar-refractivity contribution < 1.29 is 9.53 Å². The van der Waals surface area contributed by atoms with E-state index in [-0.39, 0.29) is 5.91 Å². The van der Waals surface area contributed by atoms with Crippen molar-refractivity contribution in [3.63, 3.8) is 0 Å². The van der Waals surface area contributed by atoms with Crippen LogP contribution >= 0.6 is 12.2 Å². The van der Waals surface area contributed by atoms with Crippen molar-refractivity contribution in [3.05, 3.63) is 59.2 Å². The smallest absolute Gasteiger partial charge is 0.269 e. The summed E-state index contributed by atoms with van der Waals surface area (Å²) >= 11 is 5.21. The average molecular weight is 372 g/mol. The summed E-state index contributed by atoms with van der Waals surface area (Å²) in [7, 11) is 1.58. The molecule has 3 N–H and O–H groups in total. The molecule has 0 saturated carbocycles. The topological polar surface area (TPSA) is 62.4 Å². The fraction of sp³-hybridized carbons (Fsp3) is 0.300. The number of hydrogen-bond acceptors (Lipinski definition) is 3. The van der Waals surface area contributed by atoms with E-state index < -0.39 is 0 Å². The van der Waals surface area contributed by atoms with Gasteiger partial charge in [0.25, 0.3) is 5.91 Å². The Kier molecular flexibility index (Phi) is 7.41. The molecular formula is C20H25N3O2S. The Hall–Kier alpha value is -2.60. The third kappa shape index (κ3) is 5.74. The predicted octanol–water partition coefficient (Wildman–Crippen LogP) is 3.98. The van der Waals surface area contributed by atoms with Gasteiger partial charge in [-0.25, -0.2) is 0 Å². The largest absolute Gasteiger partial charge is 0.496 e. The van der Waals surface area contributed by atoms with E-state index in [1.54, 1.807) is 19.2 Å². The molecular weight excluding hydrogens is 346 g/mol. The highest BCUT2D eigenvalue weighted by Crippen LogP contribution is 2.18. The predicted molar refractivity (Wildman–Crippen MR) is 110 cm³/mol. The Labute approximate surface area is 160 Å². The van der Waals surface area contributed by atoms with Gasteiger partial charge in [-0.2, -0.15) is 0 Å². The number of methoxy groups -OCH3 is 1. The summed E-state index contributed by atoms with van der Waals surface area (Å²) in [6.45, 7) is 4.10. The van der Waals surface area contributed by atoms with Crippen LogP contribution in [0, 0.1) is 6.92 Å². The first-order valence-corrected chi connectivity index (χ1v) is 9.05. The van der Waals surface area contributed by atoms with E-state index in [1.165, 1.54) is 18.4 Å². The molecule has 0 unspecified atom stereocenters. The van der Waals surface area contributed by atoms with Crippen molar-refractivity contribution >= 4 is 28.9 Å². The number of hydrogen-bond donors (Lipinski definition) is 3. The summed E-state index contributed by atoms with van der Waals surface area (Å²) < 4.78 is 5.24. The molecule has 0 radical (unpaired) electrons. The molecule has 0 bridgehead atoms. The lowest BCUT2D eigenvalue weighted by Crippen LogP contribution is -2.43. The van der Waals surface area contributed by atoms with Crippen molar-refractivity contribution in [2.45, 2.75) is 33.1 Å². The van der Waals surface area contributed by atoms with Gasteiger partial charge < -0.3 is 10.1 Å². The monoisotopic (exact) mass is 371 g/mol. The highest BCUT2D eigenvalue weighted by Gasteiger charge is 2.09. The van der Waals surface area contributed by atoms with Crippen LogP contribution in [0.3, 0.4) is 0 Å². The minimum atomic E-state index is -0.289. The van der Waals surface area contributed by atoms with Crippen LogP contribution in [0.15, 0.2) is 42.5 Å². The van der Waals surface area contributed by atoms with Crippen molar-refractivity contribution in [1.29, 1.82) is 0 Å². The lowest BCUT2D eigenvalue weighted by atomic mass is 10.1.